The van der Waals surface area contributed by atoms with E-state index in [1.807, 2.05) is 13.8 Å². The number of hydrogen-bond acceptors (Lipinski definition) is 4. The van der Waals surface area contributed by atoms with Crippen LogP contribution in [0.4, 0.5) is 5.82 Å². The van der Waals surface area contributed by atoms with Crippen LogP contribution in [0.3, 0.4) is 0 Å². The molecule has 0 spiro atoms. The fourth-order valence-corrected chi connectivity index (χ4v) is 1.24. The second-order valence-corrected chi connectivity index (χ2v) is 4.10. The summed E-state index contributed by atoms with van der Waals surface area (Å²) in [6.45, 7) is 4.11. The van der Waals surface area contributed by atoms with Crippen molar-refractivity contribution in [3.8, 4) is 0 Å². The van der Waals surface area contributed by atoms with Gasteiger partial charge in [0.05, 0.1) is 0 Å². The lowest BCUT2D eigenvalue weighted by molar-refractivity contribution is 0.260. The fourth-order valence-electron chi connectivity index (χ4n) is 1.09. The number of aliphatic hydroxyl groups excluding tert-OH is 1. The van der Waals surface area contributed by atoms with Gasteiger partial charge in [-0.25, -0.2) is 9.97 Å². The number of rotatable bonds is 4. The summed E-state index contributed by atoms with van der Waals surface area (Å²) in [7, 11) is 0. The van der Waals surface area contributed by atoms with Crippen molar-refractivity contribution in [2.75, 3.05) is 11.9 Å². The zero-order valence-corrected chi connectivity index (χ0v) is 9.04. The number of halogens is 1. The molecule has 0 aliphatic rings. The molecule has 0 saturated carbocycles. The van der Waals surface area contributed by atoms with Crippen molar-refractivity contribution in [1.29, 1.82) is 0 Å². The molecule has 0 bridgehead atoms. The van der Waals surface area contributed by atoms with Crippen molar-refractivity contribution < 1.29 is 5.11 Å². The van der Waals surface area contributed by atoms with Crippen LogP contribution in [-0.2, 0) is 0 Å². The second kappa shape index (κ2) is 4.57. The van der Waals surface area contributed by atoms with E-state index in [0.717, 1.165) is 0 Å². The minimum absolute atomic E-state index is 0.138. The molecular formula is C9H14ClN3O. The van der Waals surface area contributed by atoms with E-state index in [2.05, 4.69) is 15.3 Å². The van der Waals surface area contributed by atoms with Crippen LogP contribution in [0.2, 0.25) is 5.15 Å². The summed E-state index contributed by atoms with van der Waals surface area (Å²) in [6.07, 6.45) is 2.05. The summed E-state index contributed by atoms with van der Waals surface area (Å²) in [5.41, 5.74) is -0.202. The van der Waals surface area contributed by atoms with Gasteiger partial charge in [0.2, 0.25) is 0 Å². The van der Waals surface area contributed by atoms with Crippen LogP contribution in [0, 0.1) is 0 Å². The van der Waals surface area contributed by atoms with Crippen LogP contribution in [0.1, 0.15) is 20.3 Å². The van der Waals surface area contributed by atoms with E-state index in [1.54, 1.807) is 6.07 Å². The van der Waals surface area contributed by atoms with E-state index >= 15 is 0 Å². The summed E-state index contributed by atoms with van der Waals surface area (Å²) in [5.74, 6) is 0.670. The number of hydrogen-bond donors (Lipinski definition) is 2. The fraction of sp³-hybridized carbons (Fsp3) is 0.556. The van der Waals surface area contributed by atoms with Gasteiger partial charge in [0.1, 0.15) is 17.3 Å². The Balaban J connectivity index is 2.68. The van der Waals surface area contributed by atoms with Gasteiger partial charge in [0.15, 0.2) is 0 Å². The van der Waals surface area contributed by atoms with Gasteiger partial charge < -0.3 is 10.4 Å². The van der Waals surface area contributed by atoms with Crippen LogP contribution in [0.25, 0.3) is 0 Å². The molecule has 0 aliphatic carbocycles. The van der Waals surface area contributed by atoms with Gasteiger partial charge in [-0.3, -0.25) is 0 Å². The van der Waals surface area contributed by atoms with E-state index in [0.29, 0.717) is 17.4 Å². The van der Waals surface area contributed by atoms with E-state index < -0.39 is 0 Å². The van der Waals surface area contributed by atoms with Gasteiger partial charge in [-0.1, -0.05) is 11.6 Å². The molecule has 0 unspecified atom stereocenters. The smallest absolute Gasteiger partial charge is 0.134 e. The van der Waals surface area contributed by atoms with Crippen molar-refractivity contribution >= 4 is 17.4 Å². The van der Waals surface area contributed by atoms with Crippen molar-refractivity contribution in [1.82, 2.24) is 9.97 Å². The minimum atomic E-state index is -0.202. The predicted octanol–water partition coefficient (Wildman–Crippen LogP) is 1.70. The molecule has 1 heterocycles. The Bertz CT molecular complexity index is 304. The highest BCUT2D eigenvalue weighted by molar-refractivity contribution is 6.29. The first-order chi connectivity index (χ1) is 6.53. The third-order valence-electron chi connectivity index (χ3n) is 1.84. The van der Waals surface area contributed by atoms with Gasteiger partial charge in [0, 0.05) is 18.2 Å². The number of aromatic nitrogens is 2. The van der Waals surface area contributed by atoms with Crippen LogP contribution >= 0.6 is 11.6 Å². The van der Waals surface area contributed by atoms with Crippen LogP contribution in [-0.4, -0.2) is 27.2 Å². The quantitative estimate of drug-likeness (QED) is 0.751. The zero-order valence-electron chi connectivity index (χ0n) is 8.29. The Morgan fingerprint density at radius 2 is 2.21 bits per heavy atom. The lowest BCUT2D eigenvalue weighted by Gasteiger charge is -2.25. The standard InChI is InChI=1S/C9H14ClN3O/c1-9(2,3-4-14)13-8-5-7(10)11-6-12-8/h5-6,14H,3-4H2,1-2H3,(H,11,12,13). The molecule has 5 heteroatoms. The summed E-state index contributed by atoms with van der Waals surface area (Å²) < 4.78 is 0. The van der Waals surface area contributed by atoms with Gasteiger partial charge >= 0.3 is 0 Å². The van der Waals surface area contributed by atoms with Crippen LogP contribution < -0.4 is 5.32 Å². The van der Waals surface area contributed by atoms with Crippen molar-refractivity contribution in [3.63, 3.8) is 0 Å². The van der Waals surface area contributed by atoms with Gasteiger partial charge in [-0.2, -0.15) is 0 Å². The summed E-state index contributed by atoms with van der Waals surface area (Å²) in [4.78, 5) is 7.80. The molecule has 4 nitrogen and oxygen atoms in total. The lowest BCUT2D eigenvalue weighted by Crippen LogP contribution is -2.32. The number of anilines is 1. The first-order valence-electron chi connectivity index (χ1n) is 4.40. The number of nitrogens with zero attached hydrogens (tertiary/aromatic N) is 2. The first-order valence-corrected chi connectivity index (χ1v) is 4.78. The first kappa shape index (κ1) is 11.2. The molecule has 14 heavy (non-hydrogen) atoms. The molecule has 0 saturated heterocycles. The Morgan fingerprint density at radius 1 is 1.50 bits per heavy atom. The normalized spacial score (nSPS) is 11.4. The molecular weight excluding hydrogens is 202 g/mol. The molecule has 0 aromatic carbocycles. The maximum absolute atomic E-state index is 8.84. The molecule has 0 fully saturated rings. The number of aliphatic hydroxyl groups is 1. The van der Waals surface area contributed by atoms with Crippen molar-refractivity contribution in [2.24, 2.45) is 0 Å². The molecule has 1 rings (SSSR count). The Hall–Kier alpha value is -0.870. The van der Waals surface area contributed by atoms with Crippen LogP contribution in [0.5, 0.6) is 0 Å². The molecule has 0 atom stereocenters. The minimum Gasteiger partial charge on any atom is -0.396 e. The number of nitrogens with one attached hydrogen (secondary N) is 1. The molecule has 0 aliphatic heterocycles. The third-order valence-corrected chi connectivity index (χ3v) is 2.04. The average molecular weight is 216 g/mol. The van der Waals surface area contributed by atoms with E-state index in [9.17, 15) is 0 Å². The largest absolute Gasteiger partial charge is 0.396 e. The van der Waals surface area contributed by atoms with E-state index in [1.165, 1.54) is 6.33 Å². The van der Waals surface area contributed by atoms with Crippen molar-refractivity contribution in [2.45, 2.75) is 25.8 Å². The summed E-state index contributed by atoms with van der Waals surface area (Å²) >= 11 is 5.71. The summed E-state index contributed by atoms with van der Waals surface area (Å²) in [6, 6.07) is 1.65. The lowest BCUT2D eigenvalue weighted by atomic mass is 10.0. The average Bonchev–Trinajstić information content (AvgIpc) is 2.02. The monoisotopic (exact) mass is 215 g/mol. The van der Waals surface area contributed by atoms with E-state index in [4.69, 9.17) is 16.7 Å². The zero-order chi connectivity index (χ0) is 10.6. The molecule has 1 aromatic heterocycles. The Labute approximate surface area is 88.3 Å². The molecule has 78 valence electrons. The third kappa shape index (κ3) is 3.47. The van der Waals surface area contributed by atoms with E-state index in [-0.39, 0.29) is 12.1 Å². The second-order valence-electron chi connectivity index (χ2n) is 3.71. The molecule has 1 aromatic rings. The van der Waals surface area contributed by atoms with Gasteiger partial charge in [-0.05, 0) is 20.3 Å². The molecule has 0 radical (unpaired) electrons. The summed E-state index contributed by atoms with van der Waals surface area (Å²) in [5, 5.41) is 12.4. The molecule has 2 N–H and O–H groups in total. The highest BCUT2D eigenvalue weighted by atomic mass is 35.5. The van der Waals surface area contributed by atoms with Crippen LogP contribution in [0.15, 0.2) is 12.4 Å². The Kier molecular flexibility index (Phi) is 3.66. The highest BCUT2D eigenvalue weighted by Gasteiger charge is 2.16. The maximum atomic E-state index is 8.84. The highest BCUT2D eigenvalue weighted by Crippen LogP contribution is 2.17. The predicted molar refractivity (Wildman–Crippen MR) is 56.4 cm³/mol. The Morgan fingerprint density at radius 3 is 2.79 bits per heavy atom. The maximum Gasteiger partial charge on any atom is 0.134 e. The van der Waals surface area contributed by atoms with Gasteiger partial charge in [-0.15, -0.1) is 0 Å². The van der Waals surface area contributed by atoms with Crippen molar-refractivity contribution in [3.05, 3.63) is 17.5 Å². The topological polar surface area (TPSA) is 58.0 Å². The van der Waals surface area contributed by atoms with Gasteiger partial charge in [0.25, 0.3) is 0 Å². The SMILES string of the molecule is CC(C)(CCO)Nc1cc(Cl)ncn1. The molecule has 0 amide bonds.